The van der Waals surface area contributed by atoms with E-state index in [-0.39, 0.29) is 71.1 Å². The highest BCUT2D eigenvalue weighted by molar-refractivity contribution is 6.30. The van der Waals surface area contributed by atoms with Gasteiger partial charge in [-0.2, -0.15) is 0 Å². The molecule has 0 radical (unpaired) electrons. The third-order valence-electron chi connectivity index (χ3n) is 8.02. The Morgan fingerprint density at radius 3 is 2.38 bits per heavy atom. The molecule has 7 rings (SSSR count). The molecule has 0 aliphatic heterocycles. The monoisotopic (exact) mass is 724 g/mol. The topological polar surface area (TPSA) is 110 Å². The van der Waals surface area contributed by atoms with Crippen molar-refractivity contribution >= 4 is 11.6 Å². The molecule has 3 aromatic carbocycles. The molecule has 0 spiro atoms. The van der Waals surface area contributed by atoms with Crippen LogP contribution in [0.3, 0.4) is 0 Å². The fourth-order valence-corrected chi connectivity index (χ4v) is 5.48. The summed E-state index contributed by atoms with van der Waals surface area (Å²) in [6, 6.07) is 23.7. The molecule has 0 bridgehead atoms. The molecule has 4 heterocycles. The van der Waals surface area contributed by atoms with E-state index < -0.39 is 17.5 Å². The third kappa shape index (κ3) is 7.89. The lowest BCUT2D eigenvalue weighted by molar-refractivity contribution is 0.270. The summed E-state index contributed by atoms with van der Waals surface area (Å²) in [5, 5.41) is 12.9. The van der Waals surface area contributed by atoms with Gasteiger partial charge in [0.25, 0.3) is 5.88 Å². The van der Waals surface area contributed by atoms with E-state index in [4.69, 9.17) is 30.3 Å². The average Bonchev–Trinajstić information content (AvgIpc) is 3.79. The molecule has 0 saturated carbocycles. The minimum absolute atomic E-state index is 0.0411. The van der Waals surface area contributed by atoms with Crippen molar-refractivity contribution in [1.82, 2.24) is 29.9 Å². The van der Waals surface area contributed by atoms with Crippen LogP contribution in [0.1, 0.15) is 28.1 Å². The first-order valence-electron chi connectivity index (χ1n) is 15.9. The number of ether oxygens (including phenoxy) is 3. The van der Waals surface area contributed by atoms with Gasteiger partial charge in [0, 0.05) is 41.0 Å². The zero-order valence-electron chi connectivity index (χ0n) is 27.5. The highest BCUT2D eigenvalue weighted by Crippen LogP contribution is 2.29. The number of hydrogen-bond acceptors (Lipinski definition) is 9. The van der Waals surface area contributed by atoms with Crippen LogP contribution in [0.15, 0.2) is 108 Å². The number of aromatic nitrogens is 6. The molecule has 262 valence electrons. The quantitative estimate of drug-likeness (QED) is 0.116. The minimum Gasteiger partial charge on any atom is -0.497 e. The molecule has 0 saturated heterocycles. The van der Waals surface area contributed by atoms with Crippen LogP contribution in [0.5, 0.6) is 17.5 Å². The molecule has 0 fully saturated rings. The lowest BCUT2D eigenvalue weighted by atomic mass is 10.0. The van der Waals surface area contributed by atoms with Crippen LogP contribution in [-0.2, 0) is 26.2 Å². The Morgan fingerprint density at radius 2 is 1.60 bits per heavy atom. The molecule has 0 aliphatic rings. The summed E-state index contributed by atoms with van der Waals surface area (Å²) < 4.78 is 69.5. The van der Waals surface area contributed by atoms with Crippen molar-refractivity contribution in [2.45, 2.75) is 26.2 Å². The average molecular weight is 725 g/mol. The summed E-state index contributed by atoms with van der Waals surface area (Å²) in [6.07, 6.45) is 3.23. The molecular weight excluding hydrogens is 697 g/mol. The Hall–Kier alpha value is -6.21. The van der Waals surface area contributed by atoms with Gasteiger partial charge in [0.2, 0.25) is 17.5 Å². The Bertz CT molecular complexity index is 2320. The standard InChI is InChI=1S/C38H28ClF3N6O4/c1-49-28-11-7-23(8-12-28)21-50-37-18-34(52-47-37)38-46-45-35(48(38)20-24-4-3-13-43-19-24)15-26-14-32(42)29(17-31(26)41)33-5-2-6-36(44-33)51-22-25-9-10-27(39)16-30(25)40/h2-14,16-19H,15,20-22H2,1H3. The van der Waals surface area contributed by atoms with Gasteiger partial charge in [-0.1, -0.05) is 41.9 Å². The molecule has 14 heteroatoms. The maximum absolute atomic E-state index is 15.7. The van der Waals surface area contributed by atoms with Crippen LogP contribution in [0, 0.1) is 17.5 Å². The smallest absolute Gasteiger partial charge is 0.255 e. The zero-order valence-corrected chi connectivity index (χ0v) is 28.2. The van der Waals surface area contributed by atoms with Gasteiger partial charge >= 0.3 is 0 Å². The molecule has 4 aromatic heterocycles. The van der Waals surface area contributed by atoms with Gasteiger partial charge in [-0.05, 0) is 70.4 Å². The Balaban J connectivity index is 1.11. The highest BCUT2D eigenvalue weighted by Gasteiger charge is 2.22. The van der Waals surface area contributed by atoms with Gasteiger partial charge in [0.1, 0.15) is 42.2 Å². The molecule has 10 nitrogen and oxygen atoms in total. The van der Waals surface area contributed by atoms with Crippen LogP contribution >= 0.6 is 11.6 Å². The minimum atomic E-state index is -0.711. The Labute approximate surface area is 300 Å². The van der Waals surface area contributed by atoms with E-state index in [1.54, 1.807) is 48.3 Å². The number of benzene rings is 3. The van der Waals surface area contributed by atoms with E-state index >= 15 is 8.78 Å². The maximum Gasteiger partial charge on any atom is 0.255 e. The Morgan fingerprint density at radius 1 is 0.769 bits per heavy atom. The largest absolute Gasteiger partial charge is 0.497 e. The molecule has 0 aliphatic carbocycles. The molecule has 0 unspecified atom stereocenters. The van der Waals surface area contributed by atoms with Crippen LogP contribution in [0.25, 0.3) is 22.8 Å². The van der Waals surface area contributed by atoms with Gasteiger partial charge in [-0.25, -0.2) is 18.2 Å². The van der Waals surface area contributed by atoms with Crippen molar-refractivity contribution in [3.63, 3.8) is 0 Å². The lowest BCUT2D eigenvalue weighted by Crippen LogP contribution is -2.09. The van der Waals surface area contributed by atoms with Crippen LogP contribution in [-0.4, -0.2) is 37.0 Å². The number of halogens is 4. The number of nitrogens with zero attached hydrogens (tertiary/aromatic N) is 6. The van der Waals surface area contributed by atoms with Crippen LogP contribution in [0.4, 0.5) is 13.2 Å². The summed E-state index contributed by atoms with van der Waals surface area (Å²) in [7, 11) is 1.60. The van der Waals surface area contributed by atoms with Gasteiger partial charge in [-0.15, -0.1) is 10.2 Å². The Kier molecular flexibility index (Phi) is 10.1. The fourth-order valence-electron chi connectivity index (χ4n) is 5.33. The van der Waals surface area contributed by atoms with Crippen molar-refractivity contribution in [2.75, 3.05) is 7.11 Å². The molecule has 52 heavy (non-hydrogen) atoms. The zero-order chi connectivity index (χ0) is 36.0. The van der Waals surface area contributed by atoms with E-state index in [0.29, 0.717) is 11.6 Å². The van der Waals surface area contributed by atoms with E-state index in [2.05, 4.69) is 25.3 Å². The number of pyridine rings is 2. The first kappa shape index (κ1) is 34.2. The second-order valence-corrected chi connectivity index (χ2v) is 12.0. The SMILES string of the molecule is COc1ccc(COc2cc(-c3nnc(Cc4cc(F)c(-c5cccc(OCc6ccc(Cl)cc6F)n5)cc4F)n3Cc3cccnc3)on2)cc1. The first-order valence-corrected chi connectivity index (χ1v) is 16.3. The van der Waals surface area contributed by atoms with Crippen molar-refractivity contribution in [1.29, 1.82) is 0 Å². The number of rotatable bonds is 13. The molecule has 0 atom stereocenters. The molecule has 7 aromatic rings. The van der Waals surface area contributed by atoms with E-state index in [1.807, 2.05) is 30.3 Å². The predicted molar refractivity (Wildman–Crippen MR) is 184 cm³/mol. The van der Waals surface area contributed by atoms with Crippen LogP contribution in [0.2, 0.25) is 5.02 Å². The summed E-state index contributed by atoms with van der Waals surface area (Å²) in [6.45, 7) is 0.358. The summed E-state index contributed by atoms with van der Waals surface area (Å²) >= 11 is 5.82. The van der Waals surface area contributed by atoms with Crippen molar-refractivity contribution in [3.8, 4) is 40.4 Å². The van der Waals surface area contributed by atoms with Gasteiger partial charge in [-0.3, -0.25) is 4.98 Å². The van der Waals surface area contributed by atoms with Crippen molar-refractivity contribution in [3.05, 3.63) is 154 Å². The molecular formula is C38H28ClF3N6O4. The first-order chi connectivity index (χ1) is 25.3. The molecule has 0 amide bonds. The fraction of sp³-hybridized carbons (Fsp3) is 0.132. The maximum atomic E-state index is 15.7. The van der Waals surface area contributed by atoms with Crippen molar-refractivity contribution < 1.29 is 31.9 Å². The van der Waals surface area contributed by atoms with Gasteiger partial charge in [0.05, 0.1) is 25.4 Å². The molecule has 0 N–H and O–H groups in total. The normalized spacial score (nSPS) is 11.1. The van der Waals surface area contributed by atoms with Crippen LogP contribution < -0.4 is 14.2 Å². The second kappa shape index (κ2) is 15.4. The second-order valence-electron chi connectivity index (χ2n) is 11.5. The summed E-state index contributed by atoms with van der Waals surface area (Å²) in [5.74, 6) is 0.0514. The number of hydrogen-bond donors (Lipinski definition) is 0. The van der Waals surface area contributed by atoms with Gasteiger partial charge < -0.3 is 23.3 Å². The predicted octanol–water partition coefficient (Wildman–Crippen LogP) is 8.27. The van der Waals surface area contributed by atoms with E-state index in [1.165, 1.54) is 24.3 Å². The lowest BCUT2D eigenvalue weighted by Gasteiger charge is -2.12. The highest BCUT2D eigenvalue weighted by atomic mass is 35.5. The third-order valence-corrected chi connectivity index (χ3v) is 8.26. The van der Waals surface area contributed by atoms with E-state index in [9.17, 15) is 4.39 Å². The van der Waals surface area contributed by atoms with Gasteiger partial charge in [0.15, 0.2) is 0 Å². The summed E-state index contributed by atoms with van der Waals surface area (Å²) in [5.41, 5.74) is 2.07. The summed E-state index contributed by atoms with van der Waals surface area (Å²) in [4.78, 5) is 8.51. The van der Waals surface area contributed by atoms with E-state index in [0.717, 1.165) is 29.0 Å². The number of methoxy groups -OCH3 is 1. The van der Waals surface area contributed by atoms with Crippen molar-refractivity contribution in [2.24, 2.45) is 0 Å².